The van der Waals surface area contributed by atoms with Crippen molar-refractivity contribution in [2.75, 3.05) is 6.54 Å². The summed E-state index contributed by atoms with van der Waals surface area (Å²) >= 11 is 0. The molecule has 2 heterocycles. The van der Waals surface area contributed by atoms with E-state index in [9.17, 15) is 28.1 Å². The molecule has 1 atom stereocenters. The van der Waals surface area contributed by atoms with Crippen molar-refractivity contribution in [2.24, 2.45) is 0 Å². The van der Waals surface area contributed by atoms with E-state index in [1.54, 1.807) is 0 Å². The molecule has 0 aromatic carbocycles. The number of hydrogen-bond acceptors (Lipinski definition) is 5. The van der Waals surface area contributed by atoms with Gasteiger partial charge < -0.3 is 5.32 Å². The van der Waals surface area contributed by atoms with Gasteiger partial charge in [0.1, 0.15) is 18.4 Å². The molecule has 1 unspecified atom stereocenters. The number of aromatic nitrogens is 4. The Morgan fingerprint density at radius 2 is 2.16 bits per heavy atom. The largest absolute Gasteiger partial charge is 0.435 e. The molecule has 2 rings (SSSR count). The van der Waals surface area contributed by atoms with Gasteiger partial charge in [-0.2, -0.15) is 23.4 Å². The fraction of sp³-hybridized carbons (Fsp3) is 0.462. The van der Waals surface area contributed by atoms with Crippen LogP contribution >= 0.6 is 0 Å². The smallest absolute Gasteiger partial charge is 0.352 e. The van der Waals surface area contributed by atoms with Gasteiger partial charge in [0, 0.05) is 12.2 Å². The number of aryl methyl sites for hydroxylation is 1. The molecular formula is C13H15F3N6O3. The molecule has 0 aliphatic carbocycles. The van der Waals surface area contributed by atoms with E-state index in [2.05, 4.69) is 15.5 Å². The minimum atomic E-state index is -4.58. The second-order valence-electron chi connectivity index (χ2n) is 5.30. The molecule has 0 aliphatic heterocycles. The number of nitrogens with one attached hydrogen (secondary N) is 1. The molecule has 0 saturated heterocycles. The zero-order valence-corrected chi connectivity index (χ0v) is 13.3. The number of carbonyl (C=O) groups is 1. The van der Waals surface area contributed by atoms with E-state index < -0.39 is 28.7 Å². The number of nitrogens with zero attached hydrogens (tertiary/aromatic N) is 5. The van der Waals surface area contributed by atoms with Crippen molar-refractivity contribution in [2.45, 2.75) is 32.6 Å². The Morgan fingerprint density at radius 3 is 2.68 bits per heavy atom. The first-order valence-corrected chi connectivity index (χ1v) is 7.17. The molecule has 25 heavy (non-hydrogen) atoms. The number of hydrogen-bond donors (Lipinski definition) is 1. The van der Waals surface area contributed by atoms with Gasteiger partial charge in [-0.05, 0) is 19.9 Å². The summed E-state index contributed by atoms with van der Waals surface area (Å²) in [5.74, 6) is -0.526. The van der Waals surface area contributed by atoms with Crippen LogP contribution < -0.4 is 5.32 Å². The van der Waals surface area contributed by atoms with Gasteiger partial charge in [0.15, 0.2) is 5.69 Å². The van der Waals surface area contributed by atoms with Crippen LogP contribution in [0.3, 0.4) is 0 Å². The number of amides is 1. The second kappa shape index (κ2) is 6.91. The standard InChI is InChI=1S/C13H15F3N6O3/c1-8-5-11(13(14,15)16)19-21(8)9(2)12(23)17-3-4-20-7-10(6-18-20)22(24)25/h5-7,9H,3-4H2,1-2H3,(H,17,23). The molecule has 12 heteroatoms. The molecule has 2 aromatic heterocycles. The van der Waals surface area contributed by atoms with Crippen molar-refractivity contribution in [1.82, 2.24) is 24.9 Å². The van der Waals surface area contributed by atoms with Crippen molar-refractivity contribution >= 4 is 11.6 Å². The molecule has 0 bridgehead atoms. The first-order valence-electron chi connectivity index (χ1n) is 7.17. The van der Waals surface area contributed by atoms with Crippen molar-refractivity contribution in [3.8, 4) is 0 Å². The van der Waals surface area contributed by atoms with Crippen molar-refractivity contribution < 1.29 is 22.9 Å². The second-order valence-corrected chi connectivity index (χ2v) is 5.30. The van der Waals surface area contributed by atoms with Gasteiger partial charge in [0.25, 0.3) is 0 Å². The normalized spacial score (nSPS) is 12.8. The number of rotatable bonds is 6. The zero-order chi connectivity index (χ0) is 18.8. The first kappa shape index (κ1) is 18.4. The molecular weight excluding hydrogens is 345 g/mol. The van der Waals surface area contributed by atoms with Crippen LogP contribution in [0.2, 0.25) is 0 Å². The summed E-state index contributed by atoms with van der Waals surface area (Å²) in [6.45, 7) is 3.13. The van der Waals surface area contributed by atoms with E-state index in [1.165, 1.54) is 24.7 Å². The number of carbonyl (C=O) groups excluding carboxylic acids is 1. The lowest BCUT2D eigenvalue weighted by Gasteiger charge is -2.14. The number of nitro groups is 1. The van der Waals surface area contributed by atoms with Crippen LogP contribution in [0, 0.1) is 17.0 Å². The Morgan fingerprint density at radius 1 is 1.48 bits per heavy atom. The summed E-state index contributed by atoms with van der Waals surface area (Å²) < 4.78 is 40.3. The quantitative estimate of drug-likeness (QED) is 0.623. The maximum Gasteiger partial charge on any atom is 0.435 e. The molecule has 1 N–H and O–H groups in total. The van der Waals surface area contributed by atoms with E-state index in [4.69, 9.17) is 0 Å². The van der Waals surface area contributed by atoms with Crippen LogP contribution in [0.25, 0.3) is 0 Å². The molecule has 0 saturated carbocycles. The fourth-order valence-electron chi connectivity index (χ4n) is 2.14. The summed E-state index contributed by atoms with van der Waals surface area (Å²) in [6, 6.07) is -0.0739. The number of halogens is 3. The van der Waals surface area contributed by atoms with Crippen molar-refractivity contribution in [3.63, 3.8) is 0 Å². The maximum absolute atomic E-state index is 12.7. The van der Waals surface area contributed by atoms with Crippen molar-refractivity contribution in [3.05, 3.63) is 40.0 Å². The maximum atomic E-state index is 12.7. The van der Waals surface area contributed by atoms with E-state index in [0.29, 0.717) is 0 Å². The predicted octanol–water partition coefficient (Wildman–Crippen LogP) is 1.69. The van der Waals surface area contributed by atoms with Gasteiger partial charge in [0.05, 0.1) is 11.5 Å². The average Bonchev–Trinajstić information content (AvgIpc) is 3.12. The van der Waals surface area contributed by atoms with Gasteiger partial charge in [-0.1, -0.05) is 0 Å². The van der Waals surface area contributed by atoms with E-state index in [0.717, 1.165) is 16.9 Å². The Bertz CT molecular complexity index is 782. The molecule has 0 fully saturated rings. The monoisotopic (exact) mass is 360 g/mol. The van der Waals surface area contributed by atoms with Gasteiger partial charge in [0.2, 0.25) is 5.91 Å². The van der Waals surface area contributed by atoms with Crippen LogP contribution in [0.4, 0.5) is 18.9 Å². The lowest BCUT2D eigenvalue weighted by atomic mass is 10.3. The highest BCUT2D eigenvalue weighted by Gasteiger charge is 2.35. The summed E-state index contributed by atoms with van der Waals surface area (Å²) in [5, 5.41) is 20.3. The van der Waals surface area contributed by atoms with Crippen LogP contribution in [-0.4, -0.2) is 36.9 Å². The molecule has 0 spiro atoms. The van der Waals surface area contributed by atoms with Gasteiger partial charge in [-0.3, -0.25) is 24.3 Å². The van der Waals surface area contributed by atoms with E-state index in [1.807, 2.05) is 0 Å². The number of alkyl halides is 3. The lowest BCUT2D eigenvalue weighted by molar-refractivity contribution is -0.385. The summed E-state index contributed by atoms with van der Waals surface area (Å²) in [6.07, 6.45) is -2.29. The molecule has 9 nitrogen and oxygen atoms in total. The van der Waals surface area contributed by atoms with E-state index >= 15 is 0 Å². The molecule has 0 aliphatic rings. The van der Waals surface area contributed by atoms with E-state index in [-0.39, 0.29) is 24.5 Å². The third-order valence-corrected chi connectivity index (χ3v) is 3.43. The minimum absolute atomic E-state index is 0.106. The first-order chi connectivity index (χ1) is 11.6. The van der Waals surface area contributed by atoms with Gasteiger partial charge >= 0.3 is 11.9 Å². The summed E-state index contributed by atoms with van der Waals surface area (Å²) in [4.78, 5) is 22.0. The van der Waals surface area contributed by atoms with Crippen LogP contribution in [0.15, 0.2) is 18.5 Å². The SMILES string of the molecule is Cc1cc(C(F)(F)F)nn1C(C)C(=O)NCCn1cc([N+](=O)[O-])cn1. The highest BCUT2D eigenvalue weighted by atomic mass is 19.4. The Kier molecular flexibility index (Phi) is 5.09. The fourth-order valence-corrected chi connectivity index (χ4v) is 2.14. The van der Waals surface area contributed by atoms with Crippen molar-refractivity contribution in [1.29, 1.82) is 0 Å². The zero-order valence-electron chi connectivity index (χ0n) is 13.3. The Labute approximate surface area is 139 Å². The third kappa shape index (κ3) is 4.33. The molecule has 1 amide bonds. The Balaban J connectivity index is 1.94. The summed E-state index contributed by atoms with van der Waals surface area (Å²) in [7, 11) is 0. The molecule has 0 radical (unpaired) electrons. The Hall–Kier alpha value is -2.92. The lowest BCUT2D eigenvalue weighted by Crippen LogP contribution is -2.34. The topological polar surface area (TPSA) is 108 Å². The molecule has 2 aromatic rings. The van der Waals surface area contributed by atoms with Crippen LogP contribution in [0.1, 0.15) is 24.4 Å². The highest BCUT2D eigenvalue weighted by molar-refractivity contribution is 5.79. The average molecular weight is 360 g/mol. The highest BCUT2D eigenvalue weighted by Crippen LogP contribution is 2.29. The van der Waals surface area contributed by atoms with Gasteiger partial charge in [-0.15, -0.1) is 0 Å². The van der Waals surface area contributed by atoms with Crippen LogP contribution in [-0.2, 0) is 17.5 Å². The predicted molar refractivity (Wildman–Crippen MR) is 78.6 cm³/mol. The minimum Gasteiger partial charge on any atom is -0.352 e. The van der Waals surface area contributed by atoms with Gasteiger partial charge in [-0.25, -0.2) is 0 Å². The van der Waals surface area contributed by atoms with Crippen LogP contribution in [0.5, 0.6) is 0 Å². The summed E-state index contributed by atoms with van der Waals surface area (Å²) in [5.41, 5.74) is -1.03. The molecule has 136 valence electrons. The third-order valence-electron chi connectivity index (χ3n) is 3.43.